The molecule has 0 spiro atoms. The molecule has 0 bridgehead atoms. The zero-order valence-electron chi connectivity index (χ0n) is 14.7. The number of rotatable bonds is 4. The van der Waals surface area contributed by atoms with Crippen LogP contribution in [0.2, 0.25) is 0 Å². The molecule has 142 valence electrons. The first-order valence-electron chi connectivity index (χ1n) is 8.53. The van der Waals surface area contributed by atoms with E-state index in [-0.39, 0.29) is 4.90 Å². The molecule has 6 nitrogen and oxygen atoms in total. The van der Waals surface area contributed by atoms with Gasteiger partial charge in [0.25, 0.3) is 10.0 Å². The van der Waals surface area contributed by atoms with Crippen LogP contribution in [0.15, 0.2) is 47.4 Å². The lowest BCUT2D eigenvalue weighted by Gasteiger charge is -2.31. The second-order valence-electron chi connectivity index (χ2n) is 6.53. The molecule has 0 saturated carbocycles. The summed E-state index contributed by atoms with van der Waals surface area (Å²) in [6.07, 6.45) is 0. The number of aromatic nitrogens is 1. The maximum atomic E-state index is 13.0. The Morgan fingerprint density at radius 3 is 2.48 bits per heavy atom. The van der Waals surface area contributed by atoms with Gasteiger partial charge in [0, 0.05) is 26.2 Å². The van der Waals surface area contributed by atoms with Crippen molar-refractivity contribution in [1.82, 2.24) is 9.88 Å². The van der Waals surface area contributed by atoms with E-state index in [9.17, 15) is 12.8 Å². The van der Waals surface area contributed by atoms with E-state index >= 15 is 0 Å². The normalized spacial score (nSPS) is 16.0. The minimum Gasteiger partial charge on any atom is -0.345 e. The summed E-state index contributed by atoms with van der Waals surface area (Å²) >= 11 is 1.55. The second kappa shape index (κ2) is 7.06. The van der Waals surface area contributed by atoms with Crippen molar-refractivity contribution in [3.63, 3.8) is 0 Å². The summed E-state index contributed by atoms with van der Waals surface area (Å²) in [6.45, 7) is 3.86. The maximum absolute atomic E-state index is 13.0. The first kappa shape index (κ1) is 18.1. The lowest BCUT2D eigenvalue weighted by atomic mass is 10.3. The van der Waals surface area contributed by atoms with Gasteiger partial charge in [-0.1, -0.05) is 11.3 Å². The Bertz CT molecular complexity index is 1060. The Labute approximate surface area is 161 Å². The van der Waals surface area contributed by atoms with E-state index in [0.717, 1.165) is 53.7 Å². The minimum atomic E-state index is -3.77. The van der Waals surface area contributed by atoms with Crippen molar-refractivity contribution in [2.45, 2.75) is 4.90 Å². The second-order valence-corrected chi connectivity index (χ2v) is 9.22. The molecule has 0 unspecified atom stereocenters. The molecule has 1 aromatic heterocycles. The van der Waals surface area contributed by atoms with E-state index in [1.165, 1.54) is 12.1 Å². The number of piperazine rings is 1. The third-order valence-corrected chi connectivity index (χ3v) is 7.00. The fourth-order valence-corrected chi connectivity index (χ4v) is 5.04. The highest BCUT2D eigenvalue weighted by Crippen LogP contribution is 2.31. The van der Waals surface area contributed by atoms with Crippen LogP contribution in [0.25, 0.3) is 10.2 Å². The molecule has 1 saturated heterocycles. The van der Waals surface area contributed by atoms with Gasteiger partial charge in [-0.2, -0.15) is 0 Å². The fraction of sp³-hybridized carbons (Fsp3) is 0.278. The fourth-order valence-electron chi connectivity index (χ4n) is 2.94. The lowest BCUT2D eigenvalue weighted by Crippen LogP contribution is -2.44. The Morgan fingerprint density at radius 1 is 1.07 bits per heavy atom. The van der Waals surface area contributed by atoms with Gasteiger partial charge in [-0.25, -0.2) is 17.8 Å². The third kappa shape index (κ3) is 3.90. The maximum Gasteiger partial charge on any atom is 0.261 e. The number of hydrogen-bond donors (Lipinski definition) is 1. The van der Waals surface area contributed by atoms with Gasteiger partial charge >= 0.3 is 0 Å². The molecule has 0 aliphatic carbocycles. The SMILES string of the molecule is CN1CCN(c2nc3ccc(NS(=O)(=O)c4ccc(F)cc4)cc3s2)CC1. The van der Waals surface area contributed by atoms with Crippen molar-refractivity contribution in [2.24, 2.45) is 0 Å². The summed E-state index contributed by atoms with van der Waals surface area (Å²) in [5.74, 6) is -0.475. The average molecular weight is 407 g/mol. The van der Waals surface area contributed by atoms with E-state index in [0.29, 0.717) is 5.69 Å². The predicted molar refractivity (Wildman–Crippen MR) is 107 cm³/mol. The van der Waals surface area contributed by atoms with Gasteiger partial charge < -0.3 is 9.80 Å². The van der Waals surface area contributed by atoms with Crippen molar-refractivity contribution in [1.29, 1.82) is 0 Å². The van der Waals surface area contributed by atoms with Gasteiger partial charge in [0.05, 0.1) is 20.8 Å². The number of likely N-dealkylation sites (N-methyl/N-ethyl adjacent to an activating group) is 1. The molecule has 1 fully saturated rings. The Morgan fingerprint density at radius 2 is 1.78 bits per heavy atom. The van der Waals surface area contributed by atoms with Crippen LogP contribution in [0.1, 0.15) is 0 Å². The number of hydrogen-bond acceptors (Lipinski definition) is 6. The van der Waals surface area contributed by atoms with Crippen LogP contribution in [0.4, 0.5) is 15.2 Å². The van der Waals surface area contributed by atoms with E-state index in [2.05, 4.69) is 26.6 Å². The Hall–Kier alpha value is -2.23. The highest BCUT2D eigenvalue weighted by molar-refractivity contribution is 7.92. The van der Waals surface area contributed by atoms with Gasteiger partial charge in [0.1, 0.15) is 5.82 Å². The van der Waals surface area contributed by atoms with Gasteiger partial charge in [-0.05, 0) is 49.5 Å². The highest BCUT2D eigenvalue weighted by atomic mass is 32.2. The lowest BCUT2D eigenvalue weighted by molar-refractivity contribution is 0.313. The van der Waals surface area contributed by atoms with E-state index in [1.807, 2.05) is 6.07 Å². The predicted octanol–water partition coefficient (Wildman–Crippen LogP) is 2.99. The monoisotopic (exact) mass is 406 g/mol. The first-order chi connectivity index (χ1) is 12.9. The number of halogens is 1. The number of thiazole rings is 1. The van der Waals surface area contributed by atoms with Gasteiger partial charge in [0.15, 0.2) is 5.13 Å². The zero-order valence-corrected chi connectivity index (χ0v) is 16.4. The first-order valence-corrected chi connectivity index (χ1v) is 10.8. The minimum absolute atomic E-state index is 0.0198. The molecular formula is C18H19FN4O2S2. The molecule has 27 heavy (non-hydrogen) atoms. The topological polar surface area (TPSA) is 65.5 Å². The number of anilines is 2. The highest BCUT2D eigenvalue weighted by Gasteiger charge is 2.19. The van der Waals surface area contributed by atoms with E-state index < -0.39 is 15.8 Å². The van der Waals surface area contributed by atoms with Crippen molar-refractivity contribution >= 4 is 42.4 Å². The van der Waals surface area contributed by atoms with Crippen LogP contribution in [0.3, 0.4) is 0 Å². The van der Waals surface area contributed by atoms with Crippen LogP contribution in [-0.2, 0) is 10.0 Å². The van der Waals surface area contributed by atoms with Crippen molar-refractivity contribution in [3.8, 4) is 0 Å². The third-order valence-electron chi connectivity index (χ3n) is 4.53. The Kier molecular flexibility index (Phi) is 4.75. The van der Waals surface area contributed by atoms with E-state index in [4.69, 9.17) is 0 Å². The summed E-state index contributed by atoms with van der Waals surface area (Å²) in [6, 6.07) is 10.0. The van der Waals surface area contributed by atoms with E-state index in [1.54, 1.807) is 23.5 Å². The number of benzene rings is 2. The summed E-state index contributed by atoms with van der Waals surface area (Å²) in [5.41, 5.74) is 1.30. The molecule has 2 aromatic carbocycles. The molecule has 0 amide bonds. The van der Waals surface area contributed by atoms with Crippen LogP contribution in [-0.4, -0.2) is 51.5 Å². The van der Waals surface area contributed by atoms with Crippen LogP contribution >= 0.6 is 11.3 Å². The molecule has 0 radical (unpaired) electrons. The molecule has 0 atom stereocenters. The van der Waals surface area contributed by atoms with Crippen LogP contribution in [0, 0.1) is 5.82 Å². The molecule has 1 aliphatic rings. The van der Waals surface area contributed by atoms with Gasteiger partial charge in [-0.15, -0.1) is 0 Å². The summed E-state index contributed by atoms with van der Waals surface area (Å²) in [5, 5.41) is 0.955. The number of nitrogens with one attached hydrogen (secondary N) is 1. The zero-order chi connectivity index (χ0) is 19.0. The van der Waals surface area contributed by atoms with Gasteiger partial charge in [-0.3, -0.25) is 4.72 Å². The smallest absolute Gasteiger partial charge is 0.261 e. The van der Waals surface area contributed by atoms with Crippen LogP contribution in [0.5, 0.6) is 0 Å². The molecular weight excluding hydrogens is 387 g/mol. The summed E-state index contributed by atoms with van der Waals surface area (Å²) in [4.78, 5) is 9.23. The summed E-state index contributed by atoms with van der Waals surface area (Å²) in [7, 11) is -1.66. The van der Waals surface area contributed by atoms with Gasteiger partial charge in [0.2, 0.25) is 0 Å². The summed E-state index contributed by atoms with van der Waals surface area (Å²) < 4.78 is 41.4. The quantitative estimate of drug-likeness (QED) is 0.722. The molecule has 1 aliphatic heterocycles. The average Bonchev–Trinajstić information content (AvgIpc) is 3.05. The number of fused-ring (bicyclic) bond motifs is 1. The molecule has 3 aromatic rings. The Balaban J connectivity index is 1.57. The largest absolute Gasteiger partial charge is 0.345 e. The molecule has 1 N–H and O–H groups in total. The molecule has 9 heteroatoms. The van der Waals surface area contributed by atoms with Crippen molar-refractivity contribution in [2.75, 3.05) is 42.8 Å². The number of sulfonamides is 1. The van der Waals surface area contributed by atoms with Crippen LogP contribution < -0.4 is 9.62 Å². The number of nitrogens with zero attached hydrogens (tertiary/aromatic N) is 3. The standard InChI is InChI=1S/C18H19FN4O2S2/c1-22-8-10-23(11-9-22)18-20-16-7-4-14(12-17(16)26-18)21-27(24,25)15-5-2-13(19)3-6-15/h2-7,12,21H,8-11H2,1H3. The van der Waals surface area contributed by atoms with Crippen molar-refractivity contribution < 1.29 is 12.8 Å². The molecule has 4 rings (SSSR count). The van der Waals surface area contributed by atoms with Crippen molar-refractivity contribution in [3.05, 3.63) is 48.3 Å². The molecule has 2 heterocycles.